The fraction of sp³-hybridized carbons (Fsp3) is 0.250. The Morgan fingerprint density at radius 3 is 2.60 bits per heavy atom. The maximum absolute atomic E-state index is 9.38. The van der Waals surface area contributed by atoms with Gasteiger partial charge in [0.2, 0.25) is 0 Å². The number of hydrogen-bond donors (Lipinski definition) is 1. The summed E-state index contributed by atoms with van der Waals surface area (Å²) in [5.41, 5.74) is 0.937. The average molecular weight is 154 g/mol. The van der Waals surface area contributed by atoms with Crippen molar-refractivity contribution >= 4 is 11.8 Å². The van der Waals surface area contributed by atoms with Gasteiger partial charge in [-0.2, -0.15) is 0 Å². The predicted octanol–water partition coefficient (Wildman–Crippen LogP) is 2.42. The van der Waals surface area contributed by atoms with Gasteiger partial charge in [-0.3, -0.25) is 0 Å². The highest BCUT2D eigenvalue weighted by atomic mass is 32.2. The normalized spacial score (nSPS) is 9.80. The van der Waals surface area contributed by atoms with E-state index in [1.165, 1.54) is 0 Å². The van der Waals surface area contributed by atoms with Crippen molar-refractivity contribution < 1.29 is 5.11 Å². The molecule has 1 N–H and O–H groups in total. The number of aryl methyl sites for hydroxylation is 1. The lowest BCUT2D eigenvalue weighted by Crippen LogP contribution is -1.76. The first-order valence-corrected chi connectivity index (χ1v) is 4.30. The van der Waals surface area contributed by atoms with Crippen LogP contribution in [-0.2, 0) is 0 Å². The van der Waals surface area contributed by atoms with Gasteiger partial charge in [-0.05, 0) is 24.8 Å². The summed E-state index contributed by atoms with van der Waals surface area (Å²) in [6.07, 6.45) is 1.95. The molecule has 2 heteroatoms. The smallest absolute Gasteiger partial charge is 0.132 e. The molecule has 0 fully saturated rings. The van der Waals surface area contributed by atoms with Gasteiger partial charge in [-0.25, -0.2) is 0 Å². The SMILES string of the molecule is CSc1cccc(C)c1O. The topological polar surface area (TPSA) is 20.2 Å². The summed E-state index contributed by atoms with van der Waals surface area (Å²) in [5.74, 6) is 0.412. The molecule has 1 nitrogen and oxygen atoms in total. The van der Waals surface area contributed by atoms with Crippen LogP contribution >= 0.6 is 11.8 Å². The molecule has 1 aromatic carbocycles. The second kappa shape index (κ2) is 2.97. The Bertz CT molecular complexity index is 233. The van der Waals surface area contributed by atoms with Crippen molar-refractivity contribution in [1.82, 2.24) is 0 Å². The zero-order valence-corrected chi connectivity index (χ0v) is 6.90. The maximum Gasteiger partial charge on any atom is 0.132 e. The predicted molar refractivity (Wildman–Crippen MR) is 44.6 cm³/mol. The Morgan fingerprint density at radius 1 is 1.40 bits per heavy atom. The molecule has 54 valence electrons. The summed E-state index contributed by atoms with van der Waals surface area (Å²) in [6, 6.07) is 5.75. The van der Waals surface area contributed by atoms with E-state index in [4.69, 9.17) is 0 Å². The van der Waals surface area contributed by atoms with Gasteiger partial charge in [-0.1, -0.05) is 12.1 Å². The number of thioether (sulfide) groups is 1. The van der Waals surface area contributed by atoms with Crippen LogP contribution in [-0.4, -0.2) is 11.4 Å². The highest BCUT2D eigenvalue weighted by molar-refractivity contribution is 7.98. The third-order valence-electron chi connectivity index (χ3n) is 1.42. The van der Waals surface area contributed by atoms with Crippen LogP contribution in [0.1, 0.15) is 5.56 Å². The van der Waals surface area contributed by atoms with E-state index in [-0.39, 0.29) is 0 Å². The lowest BCUT2D eigenvalue weighted by Gasteiger charge is -2.01. The summed E-state index contributed by atoms with van der Waals surface area (Å²) in [5, 5.41) is 9.38. The summed E-state index contributed by atoms with van der Waals surface area (Å²) in [7, 11) is 0. The van der Waals surface area contributed by atoms with E-state index in [0.717, 1.165) is 10.5 Å². The second-order valence-corrected chi connectivity index (χ2v) is 2.97. The van der Waals surface area contributed by atoms with E-state index in [1.807, 2.05) is 31.4 Å². The number of hydrogen-bond acceptors (Lipinski definition) is 2. The Kier molecular flexibility index (Phi) is 2.22. The van der Waals surface area contributed by atoms with Gasteiger partial charge >= 0.3 is 0 Å². The van der Waals surface area contributed by atoms with Gasteiger partial charge in [0, 0.05) is 4.90 Å². The molecule has 0 aromatic heterocycles. The first kappa shape index (κ1) is 7.48. The van der Waals surface area contributed by atoms with Crippen LogP contribution in [0.15, 0.2) is 23.1 Å². The van der Waals surface area contributed by atoms with Crippen LogP contribution < -0.4 is 0 Å². The molecule has 0 unspecified atom stereocenters. The third kappa shape index (κ3) is 1.27. The summed E-state index contributed by atoms with van der Waals surface area (Å²) >= 11 is 1.56. The Balaban J connectivity index is 3.14. The number of benzene rings is 1. The molecule has 0 radical (unpaired) electrons. The molecule has 0 atom stereocenters. The highest BCUT2D eigenvalue weighted by Crippen LogP contribution is 2.28. The molecule has 0 aliphatic heterocycles. The molecule has 0 aliphatic carbocycles. The van der Waals surface area contributed by atoms with Crippen molar-refractivity contribution in [1.29, 1.82) is 0 Å². The second-order valence-electron chi connectivity index (χ2n) is 2.13. The van der Waals surface area contributed by atoms with Crippen LogP contribution in [0.25, 0.3) is 0 Å². The Hall–Kier alpha value is -0.630. The number of phenolic OH excluding ortho intramolecular Hbond substituents is 1. The number of rotatable bonds is 1. The van der Waals surface area contributed by atoms with E-state index >= 15 is 0 Å². The molecule has 0 saturated carbocycles. The largest absolute Gasteiger partial charge is 0.507 e. The molecule has 0 saturated heterocycles. The van der Waals surface area contributed by atoms with Crippen molar-refractivity contribution in [2.45, 2.75) is 11.8 Å². The molecule has 0 bridgehead atoms. The minimum Gasteiger partial charge on any atom is -0.507 e. The molecule has 0 aliphatic rings. The first-order chi connectivity index (χ1) is 4.75. The van der Waals surface area contributed by atoms with Crippen LogP contribution in [0.5, 0.6) is 5.75 Å². The van der Waals surface area contributed by atoms with E-state index in [2.05, 4.69) is 0 Å². The Morgan fingerprint density at radius 2 is 2.10 bits per heavy atom. The van der Waals surface area contributed by atoms with Crippen LogP contribution in [0, 0.1) is 6.92 Å². The summed E-state index contributed by atoms with van der Waals surface area (Å²) < 4.78 is 0. The molecule has 0 amide bonds. The lowest BCUT2D eigenvalue weighted by atomic mass is 10.2. The van der Waals surface area contributed by atoms with E-state index in [0.29, 0.717) is 5.75 Å². The molecular formula is C8H10OS. The van der Waals surface area contributed by atoms with E-state index in [1.54, 1.807) is 11.8 Å². The van der Waals surface area contributed by atoms with E-state index < -0.39 is 0 Å². The zero-order chi connectivity index (χ0) is 7.56. The Labute approximate surface area is 65.1 Å². The lowest BCUT2D eigenvalue weighted by molar-refractivity contribution is 0.458. The quantitative estimate of drug-likeness (QED) is 0.627. The summed E-state index contributed by atoms with van der Waals surface area (Å²) in [4.78, 5) is 0.944. The number of para-hydroxylation sites is 1. The van der Waals surface area contributed by atoms with Gasteiger partial charge in [0.05, 0.1) is 0 Å². The zero-order valence-electron chi connectivity index (χ0n) is 6.09. The van der Waals surface area contributed by atoms with E-state index in [9.17, 15) is 5.11 Å². The maximum atomic E-state index is 9.38. The number of phenols is 1. The molecule has 1 aromatic rings. The van der Waals surface area contributed by atoms with Gasteiger partial charge in [0.1, 0.15) is 5.75 Å². The van der Waals surface area contributed by atoms with Crippen molar-refractivity contribution in [3.63, 3.8) is 0 Å². The first-order valence-electron chi connectivity index (χ1n) is 3.08. The molecule has 1 rings (SSSR count). The minimum atomic E-state index is 0.412. The van der Waals surface area contributed by atoms with Crippen molar-refractivity contribution in [3.8, 4) is 5.75 Å². The van der Waals surface area contributed by atoms with Crippen LogP contribution in [0.3, 0.4) is 0 Å². The molecule has 10 heavy (non-hydrogen) atoms. The van der Waals surface area contributed by atoms with Crippen molar-refractivity contribution in [2.75, 3.05) is 6.26 Å². The monoisotopic (exact) mass is 154 g/mol. The average Bonchev–Trinajstić information content (AvgIpc) is 1.95. The molecule has 0 heterocycles. The van der Waals surface area contributed by atoms with Crippen LogP contribution in [0.2, 0.25) is 0 Å². The fourth-order valence-electron chi connectivity index (χ4n) is 0.797. The number of aromatic hydroxyl groups is 1. The molecular weight excluding hydrogens is 144 g/mol. The van der Waals surface area contributed by atoms with Crippen molar-refractivity contribution in [2.24, 2.45) is 0 Å². The minimum absolute atomic E-state index is 0.412. The third-order valence-corrected chi connectivity index (χ3v) is 2.19. The van der Waals surface area contributed by atoms with Crippen LogP contribution in [0.4, 0.5) is 0 Å². The van der Waals surface area contributed by atoms with Gasteiger partial charge in [-0.15, -0.1) is 11.8 Å². The molecule has 0 spiro atoms. The van der Waals surface area contributed by atoms with Gasteiger partial charge < -0.3 is 5.11 Å². The summed E-state index contributed by atoms with van der Waals surface area (Å²) in [6.45, 7) is 1.90. The van der Waals surface area contributed by atoms with Gasteiger partial charge in [0.25, 0.3) is 0 Å². The van der Waals surface area contributed by atoms with Gasteiger partial charge in [0.15, 0.2) is 0 Å². The standard InChI is InChI=1S/C8H10OS/c1-6-4-3-5-7(10-2)8(6)9/h3-5,9H,1-2H3. The fourth-order valence-corrected chi connectivity index (χ4v) is 1.37. The van der Waals surface area contributed by atoms with Crippen molar-refractivity contribution in [3.05, 3.63) is 23.8 Å². The highest BCUT2D eigenvalue weighted by Gasteiger charge is 1.99.